The first-order chi connectivity index (χ1) is 12.8. The molecular weight excluding hydrogens is 367 g/mol. The van der Waals surface area contributed by atoms with E-state index < -0.39 is 18.0 Å². The minimum Gasteiger partial charge on any atom is -0.405 e. The lowest BCUT2D eigenvalue weighted by molar-refractivity contribution is -0.274. The van der Waals surface area contributed by atoms with E-state index in [-0.39, 0.29) is 24.8 Å². The fraction of sp³-hybridized carbons (Fsp3) is 0.471. The van der Waals surface area contributed by atoms with E-state index in [0.717, 1.165) is 12.5 Å². The summed E-state index contributed by atoms with van der Waals surface area (Å²) in [6, 6.07) is 5.31. The number of halogens is 3. The summed E-state index contributed by atoms with van der Waals surface area (Å²) in [7, 11) is 0. The Labute approximate surface area is 153 Å². The molecule has 0 radical (unpaired) electrons. The van der Waals surface area contributed by atoms with Gasteiger partial charge in [-0.2, -0.15) is 4.98 Å². The van der Waals surface area contributed by atoms with Crippen molar-refractivity contribution in [1.82, 2.24) is 15.0 Å². The molecular formula is C17H18F3N3O4. The van der Waals surface area contributed by atoms with E-state index in [9.17, 15) is 18.0 Å². The van der Waals surface area contributed by atoms with E-state index in [1.165, 1.54) is 23.1 Å². The van der Waals surface area contributed by atoms with Gasteiger partial charge in [0.25, 0.3) is 11.8 Å². The largest absolute Gasteiger partial charge is 0.573 e. The lowest BCUT2D eigenvalue weighted by atomic mass is 10.1. The minimum atomic E-state index is -4.87. The van der Waals surface area contributed by atoms with E-state index in [0.29, 0.717) is 24.7 Å². The van der Waals surface area contributed by atoms with E-state index in [1.54, 1.807) is 6.92 Å². The number of hydrogen-bond donors (Lipinski definition) is 0. The van der Waals surface area contributed by atoms with Gasteiger partial charge in [-0.25, -0.2) is 0 Å². The fourth-order valence-corrected chi connectivity index (χ4v) is 2.87. The number of benzene rings is 1. The second-order valence-electron chi connectivity index (χ2n) is 6.11. The Kier molecular flexibility index (Phi) is 5.64. The molecule has 0 bridgehead atoms. The predicted molar refractivity (Wildman–Crippen MR) is 85.9 cm³/mol. The standard InChI is InChI=1S/C17H18F3N3O4/c1-11-21-15(27-22-11)10-25-12-5-4-8-23(9-12)16(24)13-6-2-3-7-14(13)26-17(18,19)20/h2-3,6-7,12H,4-5,8-10H2,1H3. The molecule has 3 rings (SSSR count). The molecule has 10 heteroatoms. The molecule has 1 fully saturated rings. The molecule has 1 aromatic carbocycles. The van der Waals surface area contributed by atoms with Crippen molar-refractivity contribution in [3.63, 3.8) is 0 Å². The molecule has 1 aromatic heterocycles. The molecule has 1 aliphatic rings. The van der Waals surface area contributed by atoms with Crippen molar-refractivity contribution in [1.29, 1.82) is 0 Å². The summed E-state index contributed by atoms with van der Waals surface area (Å²) in [6.45, 7) is 2.49. The number of hydrogen-bond acceptors (Lipinski definition) is 6. The number of para-hydroxylation sites is 1. The van der Waals surface area contributed by atoms with Gasteiger partial charge in [-0.3, -0.25) is 4.79 Å². The molecule has 0 aliphatic carbocycles. The number of likely N-dealkylation sites (tertiary alicyclic amines) is 1. The van der Waals surface area contributed by atoms with Gasteiger partial charge >= 0.3 is 6.36 Å². The Balaban J connectivity index is 1.64. The molecule has 2 heterocycles. The minimum absolute atomic E-state index is 0.112. The summed E-state index contributed by atoms with van der Waals surface area (Å²) in [5.41, 5.74) is -0.136. The van der Waals surface area contributed by atoms with Crippen LogP contribution >= 0.6 is 0 Å². The molecule has 146 valence electrons. The van der Waals surface area contributed by atoms with Crippen LogP contribution in [0.4, 0.5) is 13.2 Å². The van der Waals surface area contributed by atoms with Crippen LogP contribution in [0.3, 0.4) is 0 Å². The van der Waals surface area contributed by atoms with Crippen molar-refractivity contribution in [2.24, 2.45) is 0 Å². The quantitative estimate of drug-likeness (QED) is 0.787. The first kappa shape index (κ1) is 19.2. The number of amides is 1. The van der Waals surface area contributed by atoms with Gasteiger partial charge in [0.15, 0.2) is 5.82 Å². The summed E-state index contributed by atoms with van der Waals surface area (Å²) in [5.74, 6) is -0.216. The Morgan fingerprint density at radius 3 is 2.85 bits per heavy atom. The highest BCUT2D eigenvalue weighted by Crippen LogP contribution is 2.28. The SMILES string of the molecule is Cc1noc(COC2CCCN(C(=O)c3ccccc3OC(F)(F)F)C2)n1. The highest BCUT2D eigenvalue weighted by atomic mass is 19.4. The highest BCUT2D eigenvalue weighted by molar-refractivity contribution is 5.97. The topological polar surface area (TPSA) is 77.7 Å². The number of piperidine rings is 1. The Morgan fingerprint density at radius 2 is 2.15 bits per heavy atom. The molecule has 7 nitrogen and oxygen atoms in total. The van der Waals surface area contributed by atoms with E-state index in [4.69, 9.17) is 9.26 Å². The Hall–Kier alpha value is -2.62. The van der Waals surface area contributed by atoms with E-state index in [2.05, 4.69) is 14.9 Å². The van der Waals surface area contributed by atoms with Crippen LogP contribution in [0.2, 0.25) is 0 Å². The Morgan fingerprint density at radius 1 is 1.37 bits per heavy atom. The van der Waals surface area contributed by atoms with Crippen molar-refractivity contribution in [3.05, 3.63) is 41.5 Å². The molecule has 0 N–H and O–H groups in total. The van der Waals surface area contributed by atoms with E-state index in [1.807, 2.05) is 0 Å². The second kappa shape index (κ2) is 7.95. The zero-order valence-electron chi connectivity index (χ0n) is 14.5. The van der Waals surface area contributed by atoms with Crippen LogP contribution in [-0.2, 0) is 11.3 Å². The van der Waals surface area contributed by atoms with Crippen LogP contribution in [0.15, 0.2) is 28.8 Å². The summed E-state index contributed by atoms with van der Waals surface area (Å²) < 4.78 is 52.3. The lowest BCUT2D eigenvalue weighted by Crippen LogP contribution is -2.43. The second-order valence-corrected chi connectivity index (χ2v) is 6.11. The predicted octanol–water partition coefficient (Wildman–Crippen LogP) is 3.10. The average molecular weight is 385 g/mol. The van der Waals surface area contributed by atoms with Crippen LogP contribution in [0, 0.1) is 6.92 Å². The summed E-state index contributed by atoms with van der Waals surface area (Å²) in [4.78, 5) is 18.2. The van der Waals surface area contributed by atoms with Gasteiger partial charge in [0.1, 0.15) is 12.4 Å². The summed E-state index contributed by atoms with van der Waals surface area (Å²) >= 11 is 0. The zero-order chi connectivity index (χ0) is 19.4. The van der Waals surface area contributed by atoms with Crippen LogP contribution in [-0.4, -0.2) is 46.5 Å². The fourth-order valence-electron chi connectivity index (χ4n) is 2.87. The number of alkyl halides is 3. The number of rotatable bonds is 5. The monoisotopic (exact) mass is 385 g/mol. The van der Waals surface area contributed by atoms with Crippen molar-refractivity contribution < 1.29 is 32.0 Å². The van der Waals surface area contributed by atoms with Crippen molar-refractivity contribution >= 4 is 5.91 Å². The van der Waals surface area contributed by atoms with Crippen molar-refractivity contribution in [2.75, 3.05) is 13.1 Å². The highest BCUT2D eigenvalue weighted by Gasteiger charge is 2.34. The smallest absolute Gasteiger partial charge is 0.405 e. The summed E-state index contributed by atoms with van der Waals surface area (Å²) in [5, 5.41) is 3.67. The maximum atomic E-state index is 12.7. The molecule has 1 aliphatic heterocycles. The molecule has 0 spiro atoms. The average Bonchev–Trinajstić information content (AvgIpc) is 3.04. The lowest BCUT2D eigenvalue weighted by Gasteiger charge is -2.32. The van der Waals surface area contributed by atoms with Gasteiger partial charge in [0.2, 0.25) is 0 Å². The van der Waals surface area contributed by atoms with Gasteiger partial charge in [-0.05, 0) is 31.9 Å². The maximum Gasteiger partial charge on any atom is 0.573 e. The third kappa shape index (κ3) is 5.19. The molecule has 2 aromatic rings. The van der Waals surface area contributed by atoms with Gasteiger partial charge in [-0.15, -0.1) is 13.2 Å². The number of carbonyl (C=O) groups is 1. The third-order valence-corrected chi connectivity index (χ3v) is 4.02. The van der Waals surface area contributed by atoms with E-state index >= 15 is 0 Å². The molecule has 1 unspecified atom stereocenters. The number of ether oxygens (including phenoxy) is 2. The van der Waals surface area contributed by atoms with Crippen LogP contribution in [0.25, 0.3) is 0 Å². The molecule has 1 saturated heterocycles. The molecule has 1 amide bonds. The number of carbonyl (C=O) groups excluding carboxylic acids is 1. The first-order valence-electron chi connectivity index (χ1n) is 8.36. The molecule has 1 atom stereocenters. The van der Waals surface area contributed by atoms with Crippen LogP contribution in [0.5, 0.6) is 5.75 Å². The van der Waals surface area contributed by atoms with Crippen molar-refractivity contribution in [2.45, 2.75) is 38.8 Å². The number of aromatic nitrogens is 2. The molecule has 0 saturated carbocycles. The number of aryl methyl sites for hydroxylation is 1. The van der Waals surface area contributed by atoms with Gasteiger partial charge in [0.05, 0.1) is 11.7 Å². The normalized spacial score (nSPS) is 17.8. The van der Waals surface area contributed by atoms with Gasteiger partial charge < -0.3 is 18.9 Å². The van der Waals surface area contributed by atoms with Crippen LogP contribution < -0.4 is 4.74 Å². The van der Waals surface area contributed by atoms with Gasteiger partial charge in [-0.1, -0.05) is 17.3 Å². The Bertz CT molecular complexity index is 794. The van der Waals surface area contributed by atoms with Gasteiger partial charge in [0, 0.05) is 13.1 Å². The van der Waals surface area contributed by atoms with Crippen molar-refractivity contribution in [3.8, 4) is 5.75 Å². The first-order valence-corrected chi connectivity index (χ1v) is 8.36. The zero-order valence-corrected chi connectivity index (χ0v) is 14.5. The maximum absolute atomic E-state index is 12.7. The number of nitrogens with zero attached hydrogens (tertiary/aromatic N) is 3. The molecule has 27 heavy (non-hydrogen) atoms. The summed E-state index contributed by atoms with van der Waals surface area (Å²) in [6.07, 6.45) is -3.75. The third-order valence-electron chi connectivity index (χ3n) is 4.02. The van der Waals surface area contributed by atoms with Crippen LogP contribution in [0.1, 0.15) is 34.9 Å².